The largest absolute Gasteiger partial charge is 0.394 e. The van der Waals surface area contributed by atoms with Gasteiger partial charge in [-0.1, -0.05) is 23.2 Å². The molecule has 1 aromatic carbocycles. The van der Waals surface area contributed by atoms with E-state index in [2.05, 4.69) is 9.98 Å². The Labute approximate surface area is 121 Å². The summed E-state index contributed by atoms with van der Waals surface area (Å²) in [4.78, 5) is 11.0. The van der Waals surface area contributed by atoms with Gasteiger partial charge in [-0.3, -0.25) is 4.90 Å². The average molecular weight is 304 g/mol. The van der Waals surface area contributed by atoms with Crippen molar-refractivity contribution in [1.29, 1.82) is 0 Å². The Hall–Kier alpha value is -0.720. The molecule has 1 aliphatic rings. The predicted molar refractivity (Wildman–Crippen MR) is 73.1 cm³/mol. The summed E-state index contributed by atoms with van der Waals surface area (Å²) in [6, 6.07) is 3.37. The van der Waals surface area contributed by atoms with Gasteiger partial charge in [0.25, 0.3) is 0 Å². The summed E-state index contributed by atoms with van der Waals surface area (Å²) < 4.78 is 5.38. The monoisotopic (exact) mass is 303 g/mol. The van der Waals surface area contributed by atoms with Gasteiger partial charge in [-0.25, -0.2) is 9.98 Å². The molecule has 0 fully saturated rings. The Morgan fingerprint density at radius 2 is 2.05 bits per heavy atom. The van der Waals surface area contributed by atoms with Crippen LogP contribution in [-0.2, 0) is 4.74 Å². The van der Waals surface area contributed by atoms with Crippen LogP contribution in [0.3, 0.4) is 0 Å². The number of aliphatic hydroxyl groups excluding tert-OH is 1. The molecule has 1 unspecified atom stereocenters. The number of ether oxygens (including phenoxy) is 1. The first-order valence-corrected chi connectivity index (χ1v) is 6.55. The molecule has 7 heteroatoms. The highest BCUT2D eigenvalue weighted by molar-refractivity contribution is 6.34. The summed E-state index contributed by atoms with van der Waals surface area (Å²) in [5, 5.41) is 11.0. The van der Waals surface area contributed by atoms with E-state index < -0.39 is 5.79 Å². The van der Waals surface area contributed by atoms with Gasteiger partial charge in [-0.05, 0) is 26.2 Å². The highest BCUT2D eigenvalue weighted by Gasteiger charge is 2.35. The fourth-order valence-electron chi connectivity index (χ4n) is 1.81. The molecule has 0 saturated heterocycles. The van der Waals surface area contributed by atoms with E-state index in [4.69, 9.17) is 33.0 Å². The Morgan fingerprint density at radius 3 is 2.68 bits per heavy atom. The van der Waals surface area contributed by atoms with E-state index in [1.807, 2.05) is 19.0 Å². The molecule has 1 atom stereocenters. The van der Waals surface area contributed by atoms with E-state index in [1.165, 1.54) is 0 Å². The van der Waals surface area contributed by atoms with Crippen LogP contribution >= 0.6 is 23.2 Å². The highest BCUT2D eigenvalue weighted by atomic mass is 35.5. The van der Waals surface area contributed by atoms with Crippen molar-refractivity contribution >= 4 is 23.2 Å². The van der Waals surface area contributed by atoms with Crippen molar-refractivity contribution in [2.45, 2.75) is 5.79 Å². The number of fused-ring (bicyclic) bond motifs is 1. The van der Waals surface area contributed by atoms with Crippen LogP contribution in [-0.4, -0.2) is 49.7 Å². The minimum absolute atomic E-state index is 0.0386. The van der Waals surface area contributed by atoms with Gasteiger partial charge in [0.2, 0.25) is 5.79 Å². The van der Waals surface area contributed by atoms with Crippen LogP contribution in [0, 0.1) is 0 Å². The van der Waals surface area contributed by atoms with Gasteiger partial charge in [0, 0.05) is 5.02 Å². The van der Waals surface area contributed by atoms with Crippen LogP contribution in [0.2, 0.25) is 10.0 Å². The second-order valence-electron chi connectivity index (χ2n) is 4.42. The topological polar surface area (TPSA) is 57.4 Å². The molecule has 1 N–H and O–H groups in total. The van der Waals surface area contributed by atoms with Gasteiger partial charge >= 0.3 is 0 Å². The number of benzene rings is 1. The third kappa shape index (κ3) is 2.90. The SMILES string of the molecule is CN(C)C1(COCCO)N=c2cc(Cl)cc(Cl)c2=N1. The third-order valence-corrected chi connectivity index (χ3v) is 3.35. The first-order chi connectivity index (χ1) is 8.98. The Balaban J connectivity index is 2.44. The number of halogens is 2. The summed E-state index contributed by atoms with van der Waals surface area (Å²) in [6.07, 6.45) is 0. The van der Waals surface area contributed by atoms with Crippen LogP contribution in [0.15, 0.2) is 22.1 Å². The standard InChI is InChI=1S/C12H15Cl2N3O2/c1-17(2)12(7-19-4-3-18)15-10-6-8(13)5-9(14)11(10)16-12/h5-6,18H,3-4,7H2,1-2H3. The number of rotatable bonds is 5. The number of aliphatic hydroxyl groups is 1. The zero-order valence-electron chi connectivity index (χ0n) is 10.7. The van der Waals surface area contributed by atoms with Crippen molar-refractivity contribution in [3.8, 4) is 0 Å². The normalized spacial score (nSPS) is 21.2. The second kappa shape index (κ2) is 5.73. The highest BCUT2D eigenvalue weighted by Crippen LogP contribution is 2.20. The van der Waals surface area contributed by atoms with E-state index in [1.54, 1.807) is 12.1 Å². The molecular weight excluding hydrogens is 289 g/mol. The minimum Gasteiger partial charge on any atom is -0.394 e. The van der Waals surface area contributed by atoms with Crippen LogP contribution in [0.1, 0.15) is 0 Å². The van der Waals surface area contributed by atoms with Crippen molar-refractivity contribution in [3.63, 3.8) is 0 Å². The lowest BCUT2D eigenvalue weighted by molar-refractivity contribution is 0.0101. The van der Waals surface area contributed by atoms with Crippen molar-refractivity contribution in [3.05, 3.63) is 32.9 Å². The van der Waals surface area contributed by atoms with Crippen molar-refractivity contribution in [2.75, 3.05) is 33.9 Å². The minimum atomic E-state index is -0.855. The lowest BCUT2D eigenvalue weighted by Crippen LogP contribution is -2.44. The quantitative estimate of drug-likeness (QED) is 0.805. The van der Waals surface area contributed by atoms with Gasteiger partial charge in [0.1, 0.15) is 12.0 Å². The molecule has 0 bridgehead atoms. The molecule has 0 spiro atoms. The van der Waals surface area contributed by atoms with E-state index in [0.717, 1.165) is 0 Å². The first kappa shape index (κ1) is 14.7. The number of likely N-dealkylation sites (N-methyl/N-ethyl adjacent to an activating group) is 1. The van der Waals surface area contributed by atoms with Crippen LogP contribution in [0.4, 0.5) is 0 Å². The smallest absolute Gasteiger partial charge is 0.231 e. The first-order valence-electron chi connectivity index (χ1n) is 5.79. The van der Waals surface area contributed by atoms with Gasteiger partial charge in [-0.15, -0.1) is 0 Å². The summed E-state index contributed by atoms with van der Waals surface area (Å²) in [7, 11) is 3.72. The third-order valence-electron chi connectivity index (χ3n) is 2.85. The molecule has 0 aromatic heterocycles. The fraction of sp³-hybridized carbons (Fsp3) is 0.500. The molecule has 2 rings (SSSR count). The molecule has 5 nitrogen and oxygen atoms in total. The van der Waals surface area contributed by atoms with Crippen LogP contribution in [0.5, 0.6) is 0 Å². The van der Waals surface area contributed by atoms with E-state index in [9.17, 15) is 0 Å². The molecule has 0 amide bonds. The summed E-state index contributed by atoms with van der Waals surface area (Å²) in [5.74, 6) is -0.855. The zero-order valence-corrected chi connectivity index (χ0v) is 12.2. The summed E-state index contributed by atoms with van der Waals surface area (Å²) >= 11 is 12.1. The van der Waals surface area contributed by atoms with Crippen molar-refractivity contribution < 1.29 is 9.84 Å². The van der Waals surface area contributed by atoms with Crippen molar-refractivity contribution in [1.82, 2.24) is 4.90 Å². The molecule has 1 aliphatic heterocycles. The maximum Gasteiger partial charge on any atom is 0.231 e. The van der Waals surface area contributed by atoms with E-state index in [-0.39, 0.29) is 19.8 Å². The maximum absolute atomic E-state index is 8.78. The second-order valence-corrected chi connectivity index (χ2v) is 5.27. The molecular formula is C12H15Cl2N3O2. The summed E-state index contributed by atoms with van der Waals surface area (Å²) in [6.45, 7) is 0.442. The molecule has 0 aliphatic carbocycles. The number of hydrogen-bond acceptors (Lipinski definition) is 5. The Morgan fingerprint density at radius 1 is 1.32 bits per heavy atom. The van der Waals surface area contributed by atoms with E-state index >= 15 is 0 Å². The van der Waals surface area contributed by atoms with Crippen molar-refractivity contribution in [2.24, 2.45) is 9.98 Å². The van der Waals surface area contributed by atoms with Crippen LogP contribution in [0.25, 0.3) is 0 Å². The molecule has 19 heavy (non-hydrogen) atoms. The Kier molecular flexibility index (Phi) is 4.43. The van der Waals surface area contributed by atoms with Gasteiger partial charge in [0.15, 0.2) is 0 Å². The summed E-state index contributed by atoms with van der Waals surface area (Å²) in [5.41, 5.74) is 0. The predicted octanol–water partition coefficient (Wildman–Crippen LogP) is 0.471. The molecule has 1 aromatic rings. The molecule has 1 heterocycles. The van der Waals surface area contributed by atoms with Gasteiger partial charge < -0.3 is 9.84 Å². The van der Waals surface area contributed by atoms with E-state index in [0.29, 0.717) is 20.8 Å². The molecule has 104 valence electrons. The van der Waals surface area contributed by atoms with Gasteiger partial charge in [-0.2, -0.15) is 0 Å². The number of hydrogen-bond donors (Lipinski definition) is 1. The molecule has 0 saturated carbocycles. The fourth-order valence-corrected chi connectivity index (χ4v) is 2.34. The van der Waals surface area contributed by atoms with Gasteiger partial charge in [0.05, 0.1) is 23.6 Å². The zero-order chi connectivity index (χ0) is 14.0. The average Bonchev–Trinajstić information content (AvgIpc) is 2.70. The van der Waals surface area contributed by atoms with Crippen LogP contribution < -0.4 is 10.7 Å². The Bertz CT molecular complexity index is 591. The lowest BCUT2D eigenvalue weighted by Gasteiger charge is -2.29. The maximum atomic E-state index is 8.78. The molecule has 0 radical (unpaired) electrons. The lowest BCUT2D eigenvalue weighted by atomic mass is 10.3. The number of nitrogens with zero attached hydrogens (tertiary/aromatic N) is 3.